The van der Waals surface area contributed by atoms with Crippen LogP contribution in [0.15, 0.2) is 6.07 Å². The maximum atomic E-state index is 11.8. The Balaban J connectivity index is 2.10. The third-order valence-electron chi connectivity index (χ3n) is 2.69. The molecule has 0 atom stereocenters. The standard InChI is InChI=1S/C9H15N3O2S/c1-7-6-9(11-10-7)12-15(13,14)8-4-2-3-5-8/h6,8H,2-5H2,1H3,(H2,10,11,12). The van der Waals surface area contributed by atoms with Gasteiger partial charge < -0.3 is 0 Å². The van der Waals surface area contributed by atoms with E-state index in [1.54, 1.807) is 6.07 Å². The highest BCUT2D eigenvalue weighted by atomic mass is 32.2. The summed E-state index contributed by atoms with van der Waals surface area (Å²) in [4.78, 5) is 0. The molecular weight excluding hydrogens is 214 g/mol. The number of hydrogen-bond acceptors (Lipinski definition) is 3. The first kappa shape index (κ1) is 10.5. The zero-order valence-electron chi connectivity index (χ0n) is 8.66. The highest BCUT2D eigenvalue weighted by molar-refractivity contribution is 7.93. The zero-order chi connectivity index (χ0) is 10.9. The molecule has 0 aromatic carbocycles. The summed E-state index contributed by atoms with van der Waals surface area (Å²) in [5.74, 6) is 0.388. The second kappa shape index (κ2) is 3.84. The van der Waals surface area contributed by atoms with Gasteiger partial charge >= 0.3 is 0 Å². The molecule has 1 heterocycles. The maximum Gasteiger partial charge on any atom is 0.236 e. The normalized spacial score (nSPS) is 18.2. The number of aromatic nitrogens is 2. The SMILES string of the molecule is Cc1cc(NS(=O)(=O)C2CCCC2)n[nH]1. The molecule has 1 aliphatic carbocycles. The van der Waals surface area contributed by atoms with Gasteiger partial charge in [-0.1, -0.05) is 12.8 Å². The van der Waals surface area contributed by atoms with Crippen LogP contribution in [0.5, 0.6) is 0 Å². The molecule has 0 amide bonds. The van der Waals surface area contributed by atoms with E-state index in [0.29, 0.717) is 5.82 Å². The van der Waals surface area contributed by atoms with Crippen LogP contribution in [0.2, 0.25) is 0 Å². The van der Waals surface area contributed by atoms with Crippen LogP contribution in [0.4, 0.5) is 5.82 Å². The van der Waals surface area contributed by atoms with Crippen LogP contribution in [0, 0.1) is 6.92 Å². The van der Waals surface area contributed by atoms with Gasteiger partial charge in [0, 0.05) is 11.8 Å². The van der Waals surface area contributed by atoms with E-state index >= 15 is 0 Å². The summed E-state index contributed by atoms with van der Waals surface area (Å²) >= 11 is 0. The van der Waals surface area contributed by atoms with Gasteiger partial charge in [-0.25, -0.2) is 8.42 Å². The smallest absolute Gasteiger partial charge is 0.236 e. The van der Waals surface area contributed by atoms with E-state index in [4.69, 9.17) is 0 Å². The van der Waals surface area contributed by atoms with Crippen molar-refractivity contribution in [2.24, 2.45) is 0 Å². The number of anilines is 1. The van der Waals surface area contributed by atoms with E-state index in [2.05, 4.69) is 14.9 Å². The molecule has 2 rings (SSSR count). The molecule has 0 bridgehead atoms. The molecule has 1 fully saturated rings. The van der Waals surface area contributed by atoms with Crippen LogP contribution in [0.25, 0.3) is 0 Å². The number of H-pyrrole nitrogens is 1. The minimum Gasteiger partial charge on any atom is -0.281 e. The number of hydrogen-bond donors (Lipinski definition) is 2. The Bertz CT molecular complexity index is 432. The molecule has 0 spiro atoms. The Morgan fingerprint density at radius 3 is 2.67 bits per heavy atom. The molecule has 5 nitrogen and oxygen atoms in total. The fourth-order valence-corrected chi connectivity index (χ4v) is 3.41. The van der Waals surface area contributed by atoms with Crippen LogP contribution in [0.3, 0.4) is 0 Å². The van der Waals surface area contributed by atoms with Gasteiger partial charge in [-0.3, -0.25) is 9.82 Å². The third kappa shape index (κ3) is 2.31. The Labute approximate surface area is 89.3 Å². The lowest BCUT2D eigenvalue weighted by Crippen LogP contribution is -2.25. The lowest BCUT2D eigenvalue weighted by Gasteiger charge is -2.10. The number of aromatic amines is 1. The quantitative estimate of drug-likeness (QED) is 0.822. The molecule has 1 aromatic heterocycles. The first-order valence-corrected chi connectivity index (χ1v) is 6.66. The number of aryl methyl sites for hydroxylation is 1. The zero-order valence-corrected chi connectivity index (χ0v) is 9.47. The first-order chi connectivity index (χ1) is 7.08. The summed E-state index contributed by atoms with van der Waals surface area (Å²) in [6.45, 7) is 1.83. The average Bonchev–Trinajstić information content (AvgIpc) is 2.75. The van der Waals surface area contributed by atoms with Crippen LogP contribution < -0.4 is 4.72 Å². The van der Waals surface area contributed by atoms with Gasteiger partial charge in [0.2, 0.25) is 10.0 Å². The molecule has 6 heteroatoms. The van der Waals surface area contributed by atoms with Crippen LogP contribution in [-0.2, 0) is 10.0 Å². The summed E-state index contributed by atoms with van der Waals surface area (Å²) in [6.07, 6.45) is 3.54. The number of sulfonamides is 1. The number of nitrogens with one attached hydrogen (secondary N) is 2. The summed E-state index contributed by atoms with van der Waals surface area (Å²) in [5.41, 5.74) is 0.846. The van der Waals surface area contributed by atoms with Crippen LogP contribution in [-0.4, -0.2) is 23.9 Å². The van der Waals surface area contributed by atoms with Gasteiger partial charge in [0.05, 0.1) is 5.25 Å². The van der Waals surface area contributed by atoms with Crippen molar-refractivity contribution in [1.29, 1.82) is 0 Å². The van der Waals surface area contributed by atoms with Crippen molar-refractivity contribution >= 4 is 15.8 Å². The van der Waals surface area contributed by atoms with Gasteiger partial charge in [-0.05, 0) is 19.8 Å². The van der Waals surface area contributed by atoms with Crippen LogP contribution in [0.1, 0.15) is 31.4 Å². The van der Waals surface area contributed by atoms with E-state index in [0.717, 1.165) is 31.4 Å². The minimum absolute atomic E-state index is 0.241. The van der Waals surface area contributed by atoms with Gasteiger partial charge in [0.25, 0.3) is 0 Å². The molecule has 0 unspecified atom stereocenters. The minimum atomic E-state index is -3.23. The molecular formula is C9H15N3O2S. The molecule has 84 valence electrons. The highest BCUT2D eigenvalue weighted by Crippen LogP contribution is 2.25. The van der Waals surface area contributed by atoms with Crippen molar-refractivity contribution in [3.05, 3.63) is 11.8 Å². The van der Waals surface area contributed by atoms with Crippen molar-refractivity contribution in [3.63, 3.8) is 0 Å². The molecule has 0 radical (unpaired) electrons. The molecule has 0 saturated heterocycles. The van der Waals surface area contributed by atoms with E-state index < -0.39 is 10.0 Å². The molecule has 1 aromatic rings. The topological polar surface area (TPSA) is 74.8 Å². The summed E-state index contributed by atoms with van der Waals surface area (Å²) in [7, 11) is -3.23. The van der Waals surface area contributed by atoms with E-state index in [1.807, 2.05) is 6.92 Å². The summed E-state index contributed by atoms with van der Waals surface area (Å²) in [5, 5.41) is 6.32. The average molecular weight is 229 g/mol. The van der Waals surface area contributed by atoms with Gasteiger partial charge in [-0.2, -0.15) is 5.10 Å². The lowest BCUT2D eigenvalue weighted by atomic mass is 10.4. The predicted molar refractivity (Wildman–Crippen MR) is 58.1 cm³/mol. The first-order valence-electron chi connectivity index (χ1n) is 5.11. The Morgan fingerprint density at radius 1 is 1.47 bits per heavy atom. The maximum absolute atomic E-state index is 11.8. The van der Waals surface area contributed by atoms with E-state index in [9.17, 15) is 8.42 Å². The molecule has 1 aliphatic rings. The fraction of sp³-hybridized carbons (Fsp3) is 0.667. The van der Waals surface area contributed by atoms with Crippen molar-refractivity contribution in [2.75, 3.05) is 4.72 Å². The Morgan fingerprint density at radius 2 is 2.13 bits per heavy atom. The van der Waals surface area contributed by atoms with Crippen LogP contribution >= 0.6 is 0 Å². The number of nitrogens with zero attached hydrogens (tertiary/aromatic N) is 1. The van der Waals surface area contributed by atoms with E-state index in [1.165, 1.54) is 0 Å². The monoisotopic (exact) mass is 229 g/mol. The summed E-state index contributed by atoms with van der Waals surface area (Å²) in [6, 6.07) is 1.69. The van der Waals surface area contributed by atoms with Crippen molar-refractivity contribution in [3.8, 4) is 0 Å². The predicted octanol–water partition coefficient (Wildman–Crippen LogP) is 1.40. The van der Waals surface area contributed by atoms with E-state index in [-0.39, 0.29) is 5.25 Å². The van der Waals surface area contributed by atoms with Crippen molar-refractivity contribution in [2.45, 2.75) is 37.9 Å². The van der Waals surface area contributed by atoms with Gasteiger partial charge in [0.1, 0.15) is 0 Å². The lowest BCUT2D eigenvalue weighted by molar-refractivity contribution is 0.585. The molecule has 1 saturated carbocycles. The van der Waals surface area contributed by atoms with Gasteiger partial charge in [-0.15, -0.1) is 0 Å². The summed E-state index contributed by atoms with van der Waals surface area (Å²) < 4.78 is 26.2. The highest BCUT2D eigenvalue weighted by Gasteiger charge is 2.28. The Kier molecular flexibility index (Phi) is 2.68. The Hall–Kier alpha value is -1.04. The molecule has 15 heavy (non-hydrogen) atoms. The number of rotatable bonds is 3. The largest absolute Gasteiger partial charge is 0.281 e. The fourth-order valence-electron chi connectivity index (χ4n) is 1.90. The molecule has 2 N–H and O–H groups in total. The van der Waals surface area contributed by atoms with Crippen molar-refractivity contribution in [1.82, 2.24) is 10.2 Å². The third-order valence-corrected chi connectivity index (χ3v) is 4.54. The second-order valence-corrected chi connectivity index (χ2v) is 5.95. The van der Waals surface area contributed by atoms with Crippen molar-refractivity contribution < 1.29 is 8.42 Å². The van der Waals surface area contributed by atoms with Gasteiger partial charge in [0.15, 0.2) is 5.82 Å². The molecule has 0 aliphatic heterocycles. The second-order valence-electron chi connectivity index (χ2n) is 3.99.